The first-order chi connectivity index (χ1) is 6.18. The predicted molar refractivity (Wildman–Crippen MR) is 57.5 cm³/mol. The molecule has 1 aromatic heterocycles. The average Bonchev–Trinajstić information content (AvgIpc) is 2.60. The fraction of sp³-hybridized carbons (Fsp3) is 0.667. The normalized spacial score (nSPS) is 28.2. The summed E-state index contributed by atoms with van der Waals surface area (Å²) in [6.45, 7) is 0. The van der Waals surface area contributed by atoms with E-state index in [1.54, 1.807) is 6.20 Å². The summed E-state index contributed by atoms with van der Waals surface area (Å²) in [5, 5.41) is 4.97. The smallest absolute Gasteiger partial charge is 0.0820 e. The van der Waals surface area contributed by atoms with Gasteiger partial charge in [-0.1, -0.05) is 27.5 Å². The van der Waals surface area contributed by atoms with Crippen LogP contribution < -0.4 is 0 Å². The number of aromatic nitrogens is 2. The van der Waals surface area contributed by atoms with Crippen molar-refractivity contribution in [3.05, 3.63) is 16.9 Å². The van der Waals surface area contributed by atoms with E-state index in [2.05, 4.69) is 21.0 Å². The zero-order valence-electron chi connectivity index (χ0n) is 7.50. The van der Waals surface area contributed by atoms with Gasteiger partial charge in [-0.05, 0) is 19.3 Å². The first-order valence-corrected chi connectivity index (χ1v) is 5.79. The monoisotopic (exact) mass is 262 g/mol. The Hall–Kier alpha value is -0.0200. The second-order valence-corrected chi connectivity index (χ2v) is 5.31. The molecule has 0 amide bonds. The lowest BCUT2D eigenvalue weighted by atomic mass is 10.0. The van der Waals surface area contributed by atoms with Gasteiger partial charge in [0.05, 0.1) is 16.9 Å². The van der Waals surface area contributed by atoms with Crippen LogP contribution in [0, 0.1) is 0 Å². The van der Waals surface area contributed by atoms with E-state index in [1.807, 2.05) is 11.7 Å². The maximum Gasteiger partial charge on any atom is 0.0820 e. The van der Waals surface area contributed by atoms with Crippen molar-refractivity contribution in [2.24, 2.45) is 7.05 Å². The van der Waals surface area contributed by atoms with Crippen LogP contribution in [0.2, 0.25) is 5.02 Å². The van der Waals surface area contributed by atoms with E-state index >= 15 is 0 Å². The minimum absolute atomic E-state index is 0.587. The van der Waals surface area contributed by atoms with Crippen LogP contribution in [0.1, 0.15) is 30.9 Å². The van der Waals surface area contributed by atoms with Crippen molar-refractivity contribution in [2.45, 2.75) is 30.0 Å². The van der Waals surface area contributed by atoms with Crippen molar-refractivity contribution in [2.75, 3.05) is 0 Å². The molecule has 1 aliphatic carbocycles. The largest absolute Gasteiger partial charge is 0.271 e. The van der Waals surface area contributed by atoms with Gasteiger partial charge in [0.1, 0.15) is 0 Å². The molecule has 13 heavy (non-hydrogen) atoms. The first-order valence-electron chi connectivity index (χ1n) is 4.50. The van der Waals surface area contributed by atoms with Gasteiger partial charge in [0, 0.05) is 17.8 Å². The molecule has 4 heteroatoms. The number of nitrogens with zero attached hydrogens (tertiary/aromatic N) is 2. The van der Waals surface area contributed by atoms with E-state index in [9.17, 15) is 0 Å². The summed E-state index contributed by atoms with van der Waals surface area (Å²) < 4.78 is 1.90. The molecule has 2 rings (SSSR count). The van der Waals surface area contributed by atoms with E-state index in [0.29, 0.717) is 10.7 Å². The molecule has 1 aromatic rings. The molecule has 0 spiro atoms. The molecule has 0 radical (unpaired) electrons. The molecule has 2 nitrogen and oxygen atoms in total. The van der Waals surface area contributed by atoms with Crippen molar-refractivity contribution in [1.82, 2.24) is 9.78 Å². The molecule has 2 unspecified atom stereocenters. The first kappa shape index (κ1) is 9.53. The van der Waals surface area contributed by atoms with E-state index in [4.69, 9.17) is 11.6 Å². The third-order valence-corrected chi connectivity index (χ3v) is 3.82. The summed E-state index contributed by atoms with van der Waals surface area (Å²) in [6.07, 6.45) is 5.37. The van der Waals surface area contributed by atoms with Gasteiger partial charge in [-0.2, -0.15) is 5.10 Å². The highest BCUT2D eigenvalue weighted by atomic mass is 79.9. The average molecular weight is 264 g/mol. The second kappa shape index (κ2) is 3.62. The minimum Gasteiger partial charge on any atom is -0.271 e. The molecule has 0 aliphatic heterocycles. The summed E-state index contributed by atoms with van der Waals surface area (Å²) in [7, 11) is 1.96. The third-order valence-electron chi connectivity index (χ3n) is 2.69. The van der Waals surface area contributed by atoms with Crippen LogP contribution in [-0.4, -0.2) is 14.6 Å². The Morgan fingerprint density at radius 3 is 2.85 bits per heavy atom. The number of halogens is 2. The van der Waals surface area contributed by atoms with Gasteiger partial charge in [0.2, 0.25) is 0 Å². The van der Waals surface area contributed by atoms with Crippen molar-refractivity contribution in [1.29, 1.82) is 0 Å². The van der Waals surface area contributed by atoms with Gasteiger partial charge in [-0.15, -0.1) is 0 Å². The highest BCUT2D eigenvalue weighted by molar-refractivity contribution is 9.09. The lowest BCUT2D eigenvalue weighted by molar-refractivity contribution is 0.618. The fourth-order valence-corrected chi connectivity index (χ4v) is 3.09. The topological polar surface area (TPSA) is 17.8 Å². The lowest BCUT2D eigenvalue weighted by Gasteiger charge is -2.10. The molecule has 0 aromatic carbocycles. The van der Waals surface area contributed by atoms with Crippen molar-refractivity contribution in [3.63, 3.8) is 0 Å². The number of hydrogen-bond donors (Lipinski definition) is 0. The van der Waals surface area contributed by atoms with Crippen molar-refractivity contribution < 1.29 is 0 Å². The van der Waals surface area contributed by atoms with Crippen molar-refractivity contribution >= 4 is 27.5 Å². The van der Waals surface area contributed by atoms with Crippen LogP contribution in [0.5, 0.6) is 0 Å². The molecule has 1 fully saturated rings. The van der Waals surface area contributed by atoms with Gasteiger partial charge >= 0.3 is 0 Å². The van der Waals surface area contributed by atoms with Crippen LogP contribution in [0.3, 0.4) is 0 Å². The molecular formula is C9H12BrClN2. The quantitative estimate of drug-likeness (QED) is 0.712. The maximum absolute atomic E-state index is 6.07. The summed E-state index contributed by atoms with van der Waals surface area (Å²) >= 11 is 9.71. The van der Waals surface area contributed by atoms with Gasteiger partial charge in [0.25, 0.3) is 0 Å². The Bertz CT molecular complexity index is 291. The van der Waals surface area contributed by atoms with Crippen LogP contribution >= 0.6 is 27.5 Å². The molecule has 0 bridgehead atoms. The van der Waals surface area contributed by atoms with Crippen molar-refractivity contribution in [3.8, 4) is 0 Å². The summed E-state index contributed by atoms with van der Waals surface area (Å²) in [5.74, 6) is 0.587. The number of alkyl halides is 1. The SMILES string of the molecule is Cn1ncc(Cl)c1C1CCC(Br)C1. The predicted octanol–water partition coefficient (Wildman–Crippen LogP) is 3.10. The standard InChI is InChI=1S/C9H12BrClN2/c1-13-9(8(11)5-12-13)6-2-3-7(10)4-6/h5-7H,2-4H2,1H3. The summed E-state index contributed by atoms with van der Waals surface area (Å²) in [5.41, 5.74) is 1.20. The highest BCUT2D eigenvalue weighted by Crippen LogP contribution is 2.40. The zero-order chi connectivity index (χ0) is 9.42. The van der Waals surface area contributed by atoms with E-state index in [0.717, 1.165) is 5.02 Å². The molecule has 0 saturated heterocycles. The Kier molecular flexibility index (Phi) is 2.65. The third kappa shape index (κ3) is 1.77. The second-order valence-electron chi connectivity index (χ2n) is 3.61. The molecular weight excluding hydrogens is 251 g/mol. The van der Waals surface area contributed by atoms with Crippen LogP contribution in [0.15, 0.2) is 6.20 Å². The Morgan fingerprint density at radius 1 is 1.62 bits per heavy atom. The van der Waals surface area contributed by atoms with Gasteiger partial charge < -0.3 is 0 Å². The molecule has 1 aliphatic rings. The zero-order valence-corrected chi connectivity index (χ0v) is 9.85. The minimum atomic E-state index is 0.587. The van der Waals surface area contributed by atoms with E-state index < -0.39 is 0 Å². The van der Waals surface area contributed by atoms with Gasteiger partial charge in [-0.25, -0.2) is 0 Å². The number of rotatable bonds is 1. The van der Waals surface area contributed by atoms with Gasteiger partial charge in [-0.3, -0.25) is 4.68 Å². The molecule has 2 atom stereocenters. The maximum atomic E-state index is 6.07. The van der Waals surface area contributed by atoms with E-state index in [1.165, 1.54) is 25.0 Å². The van der Waals surface area contributed by atoms with Crippen LogP contribution in [-0.2, 0) is 7.05 Å². The fourth-order valence-electron chi connectivity index (χ4n) is 2.05. The Balaban J connectivity index is 2.25. The molecule has 1 saturated carbocycles. The van der Waals surface area contributed by atoms with Crippen LogP contribution in [0.25, 0.3) is 0 Å². The molecule has 0 N–H and O–H groups in total. The number of hydrogen-bond acceptors (Lipinski definition) is 1. The lowest BCUT2D eigenvalue weighted by Crippen LogP contribution is -2.03. The Morgan fingerprint density at radius 2 is 2.38 bits per heavy atom. The number of aryl methyl sites for hydroxylation is 1. The van der Waals surface area contributed by atoms with Gasteiger partial charge in [0.15, 0.2) is 0 Å². The van der Waals surface area contributed by atoms with Crippen LogP contribution in [0.4, 0.5) is 0 Å². The Labute approximate surface area is 91.4 Å². The molecule has 1 heterocycles. The summed E-state index contributed by atoms with van der Waals surface area (Å²) in [6, 6.07) is 0. The molecule has 72 valence electrons. The highest BCUT2D eigenvalue weighted by Gasteiger charge is 2.27. The van der Waals surface area contributed by atoms with E-state index in [-0.39, 0.29) is 0 Å². The summed E-state index contributed by atoms with van der Waals surface area (Å²) in [4.78, 5) is 0.656.